The Balaban J connectivity index is 5.92. The second-order valence-corrected chi connectivity index (χ2v) is 3.14. The molecule has 0 N–H and O–H groups in total. The molecule has 0 spiro atoms. The Morgan fingerprint density at radius 2 is 0.789 bits per heavy atom. The van der Waals surface area contributed by atoms with Gasteiger partial charge in [0.1, 0.15) is 0 Å². The van der Waals surface area contributed by atoms with Crippen LogP contribution in [0.15, 0.2) is 0 Å². The van der Waals surface area contributed by atoms with Crippen LogP contribution >= 0.6 is 0 Å². The van der Waals surface area contributed by atoms with Crippen molar-refractivity contribution in [1.29, 1.82) is 0 Å². The lowest BCUT2D eigenvalue weighted by Gasteiger charge is -2.36. The molecule has 0 saturated heterocycles. The van der Waals surface area contributed by atoms with Gasteiger partial charge in [0, 0.05) is 0 Å². The molecular formula is C6HF13. The van der Waals surface area contributed by atoms with Crippen molar-refractivity contribution in [3.63, 3.8) is 0 Å². The molecule has 0 bridgehead atoms. The minimum atomic E-state index is -7.78. The van der Waals surface area contributed by atoms with E-state index in [2.05, 4.69) is 0 Å². The summed E-state index contributed by atoms with van der Waals surface area (Å²) in [6.45, 7) is 0. The van der Waals surface area contributed by atoms with E-state index < -0.39 is 36.3 Å². The van der Waals surface area contributed by atoms with Gasteiger partial charge >= 0.3 is 36.3 Å². The molecule has 0 heterocycles. The van der Waals surface area contributed by atoms with E-state index in [4.69, 9.17) is 0 Å². The Morgan fingerprint density at radius 1 is 0.474 bits per heavy atom. The van der Waals surface area contributed by atoms with Crippen LogP contribution in [0.25, 0.3) is 0 Å². The molecule has 0 unspecified atom stereocenters. The maximum atomic E-state index is 12.3. The van der Waals surface area contributed by atoms with Gasteiger partial charge in [-0.15, -0.1) is 0 Å². The fourth-order valence-electron chi connectivity index (χ4n) is 0.722. The number of hydrogen-bond donors (Lipinski definition) is 0. The van der Waals surface area contributed by atoms with Gasteiger partial charge in [-0.05, 0) is 0 Å². The first kappa shape index (κ1) is 18.1. The van der Waals surface area contributed by atoms with Crippen LogP contribution in [0, 0.1) is 0 Å². The third-order valence-electron chi connectivity index (χ3n) is 1.84. The fourth-order valence-corrected chi connectivity index (χ4v) is 0.722. The summed E-state index contributed by atoms with van der Waals surface area (Å²) >= 11 is 0. The van der Waals surface area contributed by atoms with Crippen molar-refractivity contribution < 1.29 is 57.1 Å². The molecule has 0 radical (unpaired) electrons. The van der Waals surface area contributed by atoms with Gasteiger partial charge in [-0.2, -0.15) is 48.3 Å². The molecule has 0 aliphatic carbocycles. The third kappa shape index (κ3) is 2.30. The van der Waals surface area contributed by atoms with Crippen molar-refractivity contribution in [2.24, 2.45) is 0 Å². The van der Waals surface area contributed by atoms with Crippen LogP contribution in [0.4, 0.5) is 57.1 Å². The van der Waals surface area contributed by atoms with E-state index in [0.29, 0.717) is 0 Å². The zero-order valence-electron chi connectivity index (χ0n) is 7.99. The van der Waals surface area contributed by atoms with Gasteiger partial charge in [-0.25, -0.2) is 8.78 Å². The molecule has 116 valence electrons. The number of alkyl halides is 13. The van der Waals surface area contributed by atoms with Crippen molar-refractivity contribution in [3.05, 3.63) is 0 Å². The molecule has 0 rings (SSSR count). The zero-order valence-corrected chi connectivity index (χ0v) is 7.99. The molecule has 0 aliphatic rings. The van der Waals surface area contributed by atoms with Crippen molar-refractivity contribution in [3.8, 4) is 0 Å². The van der Waals surface area contributed by atoms with E-state index in [1.807, 2.05) is 0 Å². The average Bonchev–Trinajstić information content (AvgIpc) is 2.14. The zero-order chi connectivity index (χ0) is 16.1. The van der Waals surface area contributed by atoms with E-state index in [1.165, 1.54) is 0 Å². The van der Waals surface area contributed by atoms with Crippen LogP contribution in [0.1, 0.15) is 0 Å². The highest BCUT2D eigenvalue weighted by Gasteiger charge is 2.88. The molecule has 0 saturated carbocycles. The normalized spacial score (nSPS) is 16.1. The Morgan fingerprint density at radius 3 is 1.00 bits per heavy atom. The van der Waals surface area contributed by atoms with Gasteiger partial charge in [0.15, 0.2) is 0 Å². The van der Waals surface area contributed by atoms with E-state index in [-0.39, 0.29) is 0 Å². The average molecular weight is 320 g/mol. The molecule has 0 aromatic rings. The van der Waals surface area contributed by atoms with E-state index in [1.54, 1.807) is 0 Å². The van der Waals surface area contributed by atoms with Gasteiger partial charge in [-0.1, -0.05) is 0 Å². The smallest absolute Gasteiger partial charge is 0.203 e. The minimum absolute atomic E-state index is 5.59. The predicted octanol–water partition coefficient (Wildman–Crippen LogP) is 4.36. The minimum Gasteiger partial charge on any atom is -0.203 e. The summed E-state index contributed by atoms with van der Waals surface area (Å²) in [7, 11) is 0. The topological polar surface area (TPSA) is 0 Å². The summed E-state index contributed by atoms with van der Waals surface area (Å²) < 4.78 is 155. The number of halogens is 13. The van der Waals surface area contributed by atoms with Gasteiger partial charge < -0.3 is 0 Å². The van der Waals surface area contributed by atoms with Crippen LogP contribution in [0.5, 0.6) is 0 Å². The molecule has 0 aromatic carbocycles. The first-order valence-corrected chi connectivity index (χ1v) is 3.80. The SMILES string of the molecule is FC(F)C(F)(F)C(F)(F)C(F)(F)C(F)(F)C(F)(F)F. The Hall–Kier alpha value is -0.910. The summed E-state index contributed by atoms with van der Waals surface area (Å²) in [5.41, 5.74) is 0. The molecule has 13 heteroatoms. The summed E-state index contributed by atoms with van der Waals surface area (Å²) in [4.78, 5) is 0. The fraction of sp³-hybridized carbons (Fsp3) is 1.00. The molecule has 0 aromatic heterocycles. The Labute approximate surface area is 94.7 Å². The quantitative estimate of drug-likeness (QED) is 0.676. The van der Waals surface area contributed by atoms with Gasteiger partial charge in [0.05, 0.1) is 0 Å². The van der Waals surface area contributed by atoms with Crippen molar-refractivity contribution in [2.75, 3.05) is 0 Å². The lowest BCUT2D eigenvalue weighted by molar-refractivity contribution is -0.430. The second kappa shape index (κ2) is 4.30. The van der Waals surface area contributed by atoms with Crippen molar-refractivity contribution in [2.45, 2.75) is 36.3 Å². The Bertz CT molecular complexity index is 323. The monoisotopic (exact) mass is 320 g/mol. The number of rotatable bonds is 4. The lowest BCUT2D eigenvalue weighted by atomic mass is 9.98. The molecule has 0 atom stereocenters. The highest BCUT2D eigenvalue weighted by atomic mass is 19.4. The number of hydrogen-bond acceptors (Lipinski definition) is 0. The second-order valence-electron chi connectivity index (χ2n) is 3.14. The molecule has 19 heavy (non-hydrogen) atoms. The van der Waals surface area contributed by atoms with E-state index in [9.17, 15) is 57.1 Å². The molecule has 0 fully saturated rings. The first-order valence-electron chi connectivity index (χ1n) is 3.80. The molecule has 0 nitrogen and oxygen atoms in total. The first-order chi connectivity index (χ1) is 7.94. The van der Waals surface area contributed by atoms with E-state index in [0.717, 1.165) is 0 Å². The largest absolute Gasteiger partial charge is 0.460 e. The third-order valence-corrected chi connectivity index (χ3v) is 1.84. The maximum Gasteiger partial charge on any atom is 0.460 e. The van der Waals surface area contributed by atoms with Gasteiger partial charge in [0.2, 0.25) is 0 Å². The standard InChI is InChI=1S/C6HF13/c7-1(8)2(9,10)3(11,12)4(13,14)5(15,16)6(17,18)19/h1H. The van der Waals surface area contributed by atoms with Crippen LogP contribution in [-0.2, 0) is 0 Å². The van der Waals surface area contributed by atoms with E-state index >= 15 is 0 Å². The highest BCUT2D eigenvalue weighted by molar-refractivity contribution is 5.06. The van der Waals surface area contributed by atoms with Crippen LogP contribution < -0.4 is 0 Å². The predicted molar refractivity (Wildman–Crippen MR) is 31.8 cm³/mol. The molecular weight excluding hydrogens is 319 g/mol. The summed E-state index contributed by atoms with van der Waals surface area (Å²) in [5.74, 6) is -30.1. The lowest BCUT2D eigenvalue weighted by Crippen LogP contribution is -2.67. The molecule has 0 aliphatic heterocycles. The van der Waals surface area contributed by atoms with Crippen molar-refractivity contribution in [1.82, 2.24) is 0 Å². The summed E-state index contributed by atoms with van der Waals surface area (Å²) in [6.07, 6.45) is -12.9. The highest BCUT2D eigenvalue weighted by Crippen LogP contribution is 2.58. The molecule has 0 amide bonds. The maximum absolute atomic E-state index is 12.3. The van der Waals surface area contributed by atoms with Gasteiger partial charge in [0.25, 0.3) is 0 Å². The van der Waals surface area contributed by atoms with Crippen LogP contribution in [-0.4, -0.2) is 36.3 Å². The van der Waals surface area contributed by atoms with Gasteiger partial charge in [-0.3, -0.25) is 0 Å². The van der Waals surface area contributed by atoms with Crippen molar-refractivity contribution >= 4 is 0 Å². The Kier molecular flexibility index (Phi) is 4.09. The van der Waals surface area contributed by atoms with Crippen LogP contribution in [0.3, 0.4) is 0 Å². The van der Waals surface area contributed by atoms with Crippen LogP contribution in [0.2, 0.25) is 0 Å². The summed E-state index contributed by atoms with van der Waals surface area (Å²) in [6, 6.07) is 0. The summed E-state index contributed by atoms with van der Waals surface area (Å²) in [5, 5.41) is 0.